The molecule has 120 valence electrons. The van der Waals surface area contributed by atoms with Crippen LogP contribution in [0, 0.1) is 5.92 Å². The minimum absolute atomic E-state index is 0.0491. The fraction of sp³-hybridized carbons (Fsp3) is 0.533. The molecule has 2 heterocycles. The Kier molecular flexibility index (Phi) is 5.32. The quantitative estimate of drug-likeness (QED) is 0.880. The number of aromatic nitrogens is 1. The Labute approximate surface area is 129 Å². The van der Waals surface area contributed by atoms with Gasteiger partial charge in [-0.15, -0.1) is 0 Å². The maximum atomic E-state index is 12.4. The van der Waals surface area contributed by atoms with Gasteiger partial charge >= 0.3 is 6.03 Å². The van der Waals surface area contributed by atoms with Gasteiger partial charge in [-0.1, -0.05) is 19.9 Å². The van der Waals surface area contributed by atoms with E-state index in [1.165, 1.54) is 6.07 Å². The van der Waals surface area contributed by atoms with Crippen molar-refractivity contribution in [3.8, 4) is 0 Å². The van der Waals surface area contributed by atoms with Gasteiger partial charge in [-0.2, -0.15) is 0 Å². The minimum atomic E-state index is -0.625. The highest BCUT2D eigenvalue weighted by atomic mass is 16.5. The van der Waals surface area contributed by atoms with E-state index in [-0.39, 0.29) is 17.8 Å². The molecular weight excluding hydrogens is 284 g/mol. The number of morpholine rings is 1. The second-order valence-electron chi connectivity index (χ2n) is 5.75. The molecule has 7 heteroatoms. The molecule has 1 aliphatic rings. The van der Waals surface area contributed by atoms with E-state index in [4.69, 9.17) is 10.5 Å². The number of primary amides is 1. The highest BCUT2D eigenvalue weighted by Gasteiger charge is 2.28. The minimum Gasteiger partial charge on any atom is -0.377 e. The van der Waals surface area contributed by atoms with Gasteiger partial charge in [-0.3, -0.25) is 10.1 Å². The fourth-order valence-corrected chi connectivity index (χ4v) is 2.48. The number of nitrogens with zero attached hydrogens (tertiary/aromatic N) is 2. The van der Waals surface area contributed by atoms with Gasteiger partial charge in [0.05, 0.1) is 19.3 Å². The van der Waals surface area contributed by atoms with Crippen molar-refractivity contribution < 1.29 is 14.3 Å². The number of nitrogens with one attached hydrogen (secondary N) is 1. The maximum absolute atomic E-state index is 12.4. The molecule has 0 aromatic carbocycles. The Morgan fingerprint density at radius 2 is 2.27 bits per heavy atom. The predicted octanol–water partition coefficient (Wildman–Crippen LogP) is 1.46. The van der Waals surface area contributed by atoms with E-state index in [0.29, 0.717) is 31.5 Å². The maximum Gasteiger partial charge on any atom is 0.323 e. The number of nitrogens with two attached hydrogens (primary N) is 1. The molecule has 1 saturated heterocycles. The van der Waals surface area contributed by atoms with E-state index in [0.717, 1.165) is 6.42 Å². The molecular formula is C15H22N4O3. The van der Waals surface area contributed by atoms with Crippen LogP contribution in [-0.2, 0) is 4.74 Å². The number of ether oxygens (including phenoxy) is 1. The van der Waals surface area contributed by atoms with Crippen LogP contribution in [0.25, 0.3) is 0 Å². The number of rotatable bonds is 4. The molecule has 0 saturated carbocycles. The zero-order valence-electron chi connectivity index (χ0n) is 12.9. The summed E-state index contributed by atoms with van der Waals surface area (Å²) in [7, 11) is 0. The van der Waals surface area contributed by atoms with Gasteiger partial charge < -0.3 is 15.4 Å². The summed E-state index contributed by atoms with van der Waals surface area (Å²) in [5.74, 6) is 0.162. The van der Waals surface area contributed by atoms with Crippen LogP contribution in [0.3, 0.4) is 0 Å². The molecule has 7 nitrogen and oxygen atoms in total. The normalized spacial score (nSPS) is 18.3. The molecule has 1 aromatic heterocycles. The van der Waals surface area contributed by atoms with Gasteiger partial charge in [0.1, 0.15) is 11.5 Å². The molecule has 1 unspecified atom stereocenters. The summed E-state index contributed by atoms with van der Waals surface area (Å²) in [6.45, 7) is 5.83. The number of urea groups is 1. The smallest absolute Gasteiger partial charge is 0.323 e. The van der Waals surface area contributed by atoms with Crippen molar-refractivity contribution in [2.45, 2.75) is 26.3 Å². The van der Waals surface area contributed by atoms with Crippen molar-refractivity contribution in [3.63, 3.8) is 0 Å². The lowest BCUT2D eigenvalue weighted by Crippen LogP contribution is -2.50. The highest BCUT2D eigenvalue weighted by Crippen LogP contribution is 2.17. The van der Waals surface area contributed by atoms with Crippen LogP contribution in [0.4, 0.5) is 10.6 Å². The third kappa shape index (κ3) is 4.17. The summed E-state index contributed by atoms with van der Waals surface area (Å²) in [5, 5.41) is 2.72. The average molecular weight is 306 g/mol. The fourth-order valence-electron chi connectivity index (χ4n) is 2.48. The van der Waals surface area contributed by atoms with E-state index in [1.807, 2.05) is 0 Å². The van der Waals surface area contributed by atoms with Crippen LogP contribution in [0.15, 0.2) is 18.2 Å². The standard InChI is InChI=1S/C15H22N4O3/c1-10(2)8-11-9-22-7-6-19(11)15(21)18-13-5-3-4-12(17-13)14(16)20/h3-5,10-11H,6-9H2,1-2H3,(H2,16,20)(H,17,18,21). The van der Waals surface area contributed by atoms with Crippen LogP contribution in [0.1, 0.15) is 30.8 Å². The van der Waals surface area contributed by atoms with Crippen molar-refractivity contribution in [1.29, 1.82) is 0 Å². The topological polar surface area (TPSA) is 97.5 Å². The lowest BCUT2D eigenvalue weighted by molar-refractivity contribution is 0.00855. The Bertz CT molecular complexity index is 547. The number of anilines is 1. The van der Waals surface area contributed by atoms with Crippen LogP contribution in [0.5, 0.6) is 0 Å². The van der Waals surface area contributed by atoms with Crippen LogP contribution < -0.4 is 11.1 Å². The van der Waals surface area contributed by atoms with Crippen molar-refractivity contribution in [2.24, 2.45) is 11.7 Å². The number of hydrogen-bond donors (Lipinski definition) is 2. The Morgan fingerprint density at radius 1 is 1.50 bits per heavy atom. The summed E-state index contributed by atoms with van der Waals surface area (Å²) in [6.07, 6.45) is 0.877. The molecule has 0 aliphatic carbocycles. The molecule has 0 radical (unpaired) electrons. The van der Waals surface area contributed by atoms with E-state index in [2.05, 4.69) is 24.1 Å². The molecule has 22 heavy (non-hydrogen) atoms. The predicted molar refractivity (Wildman–Crippen MR) is 82.5 cm³/mol. The third-order valence-corrected chi connectivity index (χ3v) is 3.47. The van der Waals surface area contributed by atoms with Crippen molar-refractivity contribution in [1.82, 2.24) is 9.88 Å². The molecule has 0 bridgehead atoms. The molecule has 1 aliphatic heterocycles. The first-order valence-electron chi connectivity index (χ1n) is 7.39. The van der Waals surface area contributed by atoms with Gasteiger partial charge in [-0.05, 0) is 24.5 Å². The third-order valence-electron chi connectivity index (χ3n) is 3.47. The number of carbonyl (C=O) groups is 2. The molecule has 1 atom stereocenters. The summed E-state index contributed by atoms with van der Waals surface area (Å²) >= 11 is 0. The number of pyridine rings is 1. The van der Waals surface area contributed by atoms with Gasteiger partial charge in [0.15, 0.2) is 0 Å². The van der Waals surface area contributed by atoms with Crippen LogP contribution in [0.2, 0.25) is 0 Å². The molecule has 1 fully saturated rings. The second-order valence-corrected chi connectivity index (χ2v) is 5.75. The van der Waals surface area contributed by atoms with Crippen molar-refractivity contribution in [3.05, 3.63) is 23.9 Å². The largest absolute Gasteiger partial charge is 0.377 e. The Balaban J connectivity index is 2.06. The first-order chi connectivity index (χ1) is 10.5. The molecule has 1 aromatic rings. The number of carbonyl (C=O) groups excluding carboxylic acids is 2. The lowest BCUT2D eigenvalue weighted by atomic mass is 10.0. The SMILES string of the molecule is CC(C)CC1COCCN1C(=O)Nc1cccc(C(N)=O)n1. The first-order valence-corrected chi connectivity index (χ1v) is 7.39. The average Bonchev–Trinajstić information content (AvgIpc) is 2.47. The molecule has 3 amide bonds. The van der Waals surface area contributed by atoms with Gasteiger partial charge in [-0.25, -0.2) is 9.78 Å². The molecule has 0 spiro atoms. The zero-order chi connectivity index (χ0) is 16.1. The van der Waals surface area contributed by atoms with Gasteiger partial charge in [0, 0.05) is 6.54 Å². The summed E-state index contributed by atoms with van der Waals surface area (Å²) in [6, 6.07) is 4.58. The highest BCUT2D eigenvalue weighted by molar-refractivity contribution is 5.92. The number of amides is 3. The number of hydrogen-bond acceptors (Lipinski definition) is 4. The zero-order valence-corrected chi connectivity index (χ0v) is 12.9. The summed E-state index contributed by atoms with van der Waals surface area (Å²) in [5.41, 5.74) is 5.32. The van der Waals surface area contributed by atoms with Gasteiger partial charge in [0.25, 0.3) is 5.91 Å². The van der Waals surface area contributed by atoms with Gasteiger partial charge in [0.2, 0.25) is 0 Å². The second kappa shape index (κ2) is 7.22. The van der Waals surface area contributed by atoms with E-state index in [1.54, 1.807) is 17.0 Å². The van der Waals surface area contributed by atoms with Crippen molar-refractivity contribution >= 4 is 17.8 Å². The lowest BCUT2D eigenvalue weighted by Gasteiger charge is -2.36. The Morgan fingerprint density at radius 3 is 2.95 bits per heavy atom. The van der Waals surface area contributed by atoms with E-state index in [9.17, 15) is 9.59 Å². The first kappa shape index (κ1) is 16.2. The van der Waals surface area contributed by atoms with Crippen LogP contribution in [-0.4, -0.2) is 47.6 Å². The van der Waals surface area contributed by atoms with E-state index < -0.39 is 5.91 Å². The Hall–Kier alpha value is -2.15. The van der Waals surface area contributed by atoms with E-state index >= 15 is 0 Å². The summed E-state index contributed by atoms with van der Waals surface area (Å²) in [4.78, 5) is 29.4. The molecule has 2 rings (SSSR count). The van der Waals surface area contributed by atoms with Crippen molar-refractivity contribution in [2.75, 3.05) is 25.1 Å². The summed E-state index contributed by atoms with van der Waals surface area (Å²) < 4.78 is 5.47. The molecule has 3 N–H and O–H groups in total. The van der Waals surface area contributed by atoms with Crippen LogP contribution >= 0.6 is 0 Å². The monoisotopic (exact) mass is 306 g/mol.